The third-order valence-corrected chi connectivity index (χ3v) is 6.35. The third kappa shape index (κ3) is 4.75. The number of piperidine rings is 1. The SMILES string of the molecule is CCc1nnc(NC(=O)[C@@H](C)N2CCC(O)(CN3CCCC3)CC2)s1. The summed E-state index contributed by atoms with van der Waals surface area (Å²) in [5, 5.41) is 23.2. The molecule has 140 valence electrons. The molecule has 2 fully saturated rings. The Morgan fingerprint density at radius 1 is 1.28 bits per heavy atom. The van der Waals surface area contributed by atoms with E-state index in [0.717, 1.165) is 57.0 Å². The second-order valence-corrected chi connectivity index (χ2v) is 8.33. The first-order valence-electron chi connectivity index (χ1n) is 9.31. The van der Waals surface area contributed by atoms with Gasteiger partial charge < -0.3 is 10.0 Å². The van der Waals surface area contributed by atoms with Gasteiger partial charge in [-0.2, -0.15) is 0 Å². The van der Waals surface area contributed by atoms with Crippen molar-refractivity contribution < 1.29 is 9.90 Å². The van der Waals surface area contributed by atoms with Crippen molar-refractivity contribution in [3.05, 3.63) is 5.01 Å². The van der Waals surface area contributed by atoms with Gasteiger partial charge in [-0.1, -0.05) is 18.3 Å². The predicted molar refractivity (Wildman–Crippen MR) is 98.8 cm³/mol. The lowest BCUT2D eigenvalue weighted by Gasteiger charge is -2.41. The Morgan fingerprint density at radius 2 is 1.96 bits per heavy atom. The lowest BCUT2D eigenvalue weighted by Crippen LogP contribution is -2.54. The number of nitrogens with zero attached hydrogens (tertiary/aromatic N) is 4. The van der Waals surface area contributed by atoms with Crippen LogP contribution < -0.4 is 5.32 Å². The number of hydrogen-bond acceptors (Lipinski definition) is 7. The molecule has 2 saturated heterocycles. The van der Waals surface area contributed by atoms with E-state index >= 15 is 0 Å². The monoisotopic (exact) mass is 367 g/mol. The average Bonchev–Trinajstić information content (AvgIpc) is 3.26. The molecule has 0 radical (unpaired) electrons. The molecule has 3 heterocycles. The van der Waals surface area contributed by atoms with E-state index < -0.39 is 5.60 Å². The topological polar surface area (TPSA) is 81.6 Å². The maximum absolute atomic E-state index is 12.5. The van der Waals surface area contributed by atoms with E-state index in [4.69, 9.17) is 0 Å². The summed E-state index contributed by atoms with van der Waals surface area (Å²) in [6.07, 6.45) is 4.75. The minimum absolute atomic E-state index is 0.0521. The summed E-state index contributed by atoms with van der Waals surface area (Å²) >= 11 is 1.42. The highest BCUT2D eigenvalue weighted by atomic mass is 32.1. The molecule has 1 aromatic heterocycles. The second kappa shape index (κ2) is 8.07. The molecule has 7 nitrogen and oxygen atoms in total. The van der Waals surface area contributed by atoms with Gasteiger partial charge >= 0.3 is 0 Å². The Kier molecular flexibility index (Phi) is 6.04. The molecule has 0 spiro atoms. The second-order valence-electron chi connectivity index (χ2n) is 7.26. The smallest absolute Gasteiger partial charge is 0.243 e. The highest BCUT2D eigenvalue weighted by Gasteiger charge is 2.37. The number of hydrogen-bond donors (Lipinski definition) is 2. The molecule has 0 aliphatic carbocycles. The number of anilines is 1. The molecular formula is C17H29N5O2S. The van der Waals surface area contributed by atoms with Crippen LogP contribution in [0.25, 0.3) is 0 Å². The first-order valence-corrected chi connectivity index (χ1v) is 10.1. The van der Waals surface area contributed by atoms with E-state index in [0.29, 0.717) is 5.13 Å². The zero-order valence-corrected chi connectivity index (χ0v) is 16.0. The summed E-state index contributed by atoms with van der Waals surface area (Å²) in [5.41, 5.74) is -0.605. The van der Waals surface area contributed by atoms with E-state index in [2.05, 4.69) is 25.3 Å². The zero-order valence-electron chi connectivity index (χ0n) is 15.2. The van der Waals surface area contributed by atoms with Crippen LogP contribution >= 0.6 is 11.3 Å². The normalized spacial score (nSPS) is 22.8. The van der Waals surface area contributed by atoms with Gasteiger partial charge in [0.15, 0.2) is 0 Å². The lowest BCUT2D eigenvalue weighted by atomic mass is 9.90. The molecule has 1 aromatic rings. The van der Waals surface area contributed by atoms with E-state index in [1.54, 1.807) is 0 Å². The number of likely N-dealkylation sites (tertiary alicyclic amines) is 2. The first kappa shape index (κ1) is 18.7. The van der Waals surface area contributed by atoms with E-state index in [-0.39, 0.29) is 11.9 Å². The van der Waals surface area contributed by atoms with E-state index in [1.807, 2.05) is 13.8 Å². The molecule has 0 unspecified atom stereocenters. The van der Waals surface area contributed by atoms with Gasteiger partial charge in [0.1, 0.15) is 5.01 Å². The number of amides is 1. The Morgan fingerprint density at radius 3 is 2.56 bits per heavy atom. The predicted octanol–water partition coefficient (Wildman–Crippen LogP) is 1.35. The molecule has 0 aromatic carbocycles. The lowest BCUT2D eigenvalue weighted by molar-refractivity contribution is -0.123. The van der Waals surface area contributed by atoms with Crippen molar-refractivity contribution in [3.63, 3.8) is 0 Å². The van der Waals surface area contributed by atoms with Crippen molar-refractivity contribution in [1.29, 1.82) is 0 Å². The minimum atomic E-state index is -0.605. The largest absolute Gasteiger partial charge is 0.388 e. The van der Waals surface area contributed by atoms with Gasteiger partial charge in [-0.15, -0.1) is 10.2 Å². The van der Waals surface area contributed by atoms with Crippen LogP contribution in [0.3, 0.4) is 0 Å². The molecule has 3 rings (SSSR count). The summed E-state index contributed by atoms with van der Waals surface area (Å²) in [6, 6.07) is -0.231. The molecule has 0 saturated carbocycles. The van der Waals surface area contributed by atoms with Crippen molar-refractivity contribution in [1.82, 2.24) is 20.0 Å². The van der Waals surface area contributed by atoms with Gasteiger partial charge in [0.05, 0.1) is 11.6 Å². The fourth-order valence-electron chi connectivity index (χ4n) is 3.67. The highest BCUT2D eigenvalue weighted by Crippen LogP contribution is 2.26. The van der Waals surface area contributed by atoms with Crippen molar-refractivity contribution in [2.45, 2.75) is 57.6 Å². The number of aromatic nitrogens is 2. The molecule has 2 aliphatic rings. The van der Waals surface area contributed by atoms with Gasteiger partial charge in [0.2, 0.25) is 11.0 Å². The highest BCUT2D eigenvalue weighted by molar-refractivity contribution is 7.15. The van der Waals surface area contributed by atoms with Crippen LogP contribution in [0.15, 0.2) is 0 Å². The van der Waals surface area contributed by atoms with Gasteiger partial charge in [0, 0.05) is 19.6 Å². The fourth-order valence-corrected chi connectivity index (χ4v) is 4.35. The maximum atomic E-state index is 12.5. The number of rotatable bonds is 6. The first-order chi connectivity index (χ1) is 12.0. The van der Waals surface area contributed by atoms with Crippen molar-refractivity contribution in [3.8, 4) is 0 Å². The number of nitrogens with one attached hydrogen (secondary N) is 1. The summed E-state index contributed by atoms with van der Waals surface area (Å²) in [6.45, 7) is 8.41. The Bertz CT molecular complexity index is 579. The van der Waals surface area contributed by atoms with E-state index in [9.17, 15) is 9.90 Å². The standard InChI is InChI=1S/C17H29N5O2S/c1-3-14-19-20-16(25-14)18-15(23)13(2)22-10-6-17(24,7-11-22)12-21-8-4-5-9-21/h13,24H,3-12H2,1-2H3,(H,18,20,23)/t13-/m1/s1. The van der Waals surface area contributed by atoms with Crippen LogP contribution in [0.1, 0.15) is 44.5 Å². The number of carbonyl (C=O) groups is 1. The summed E-state index contributed by atoms with van der Waals surface area (Å²) in [5.74, 6) is -0.0521. The molecule has 0 bridgehead atoms. The quantitative estimate of drug-likeness (QED) is 0.790. The Balaban J connectivity index is 1.48. The summed E-state index contributed by atoms with van der Waals surface area (Å²) in [7, 11) is 0. The molecular weight excluding hydrogens is 338 g/mol. The van der Waals surface area contributed by atoms with Crippen LogP contribution in [-0.2, 0) is 11.2 Å². The zero-order chi connectivity index (χ0) is 17.9. The molecule has 1 atom stereocenters. The van der Waals surface area contributed by atoms with Gasteiger partial charge in [-0.3, -0.25) is 15.0 Å². The maximum Gasteiger partial charge on any atom is 0.243 e. The fraction of sp³-hybridized carbons (Fsp3) is 0.824. The Labute approximate surface area is 153 Å². The number of aliphatic hydroxyl groups is 1. The van der Waals surface area contributed by atoms with Crippen LogP contribution in [0.5, 0.6) is 0 Å². The van der Waals surface area contributed by atoms with Crippen molar-refractivity contribution in [2.75, 3.05) is 38.0 Å². The van der Waals surface area contributed by atoms with Crippen LogP contribution in [0.2, 0.25) is 0 Å². The molecule has 25 heavy (non-hydrogen) atoms. The minimum Gasteiger partial charge on any atom is -0.388 e. The van der Waals surface area contributed by atoms with Crippen molar-refractivity contribution >= 4 is 22.4 Å². The number of β-amino-alcohol motifs (C(OH)–C–C–N with tert-alkyl or cyclic N) is 1. The van der Waals surface area contributed by atoms with Gasteiger partial charge in [-0.05, 0) is 52.1 Å². The van der Waals surface area contributed by atoms with Crippen LogP contribution in [0, 0.1) is 0 Å². The van der Waals surface area contributed by atoms with Crippen molar-refractivity contribution in [2.24, 2.45) is 0 Å². The molecule has 8 heteroatoms. The molecule has 2 N–H and O–H groups in total. The van der Waals surface area contributed by atoms with Crippen LogP contribution in [0.4, 0.5) is 5.13 Å². The Hall–Kier alpha value is -1.09. The number of aryl methyl sites for hydroxylation is 1. The molecule has 1 amide bonds. The average molecular weight is 368 g/mol. The number of carbonyl (C=O) groups excluding carboxylic acids is 1. The van der Waals surface area contributed by atoms with Gasteiger partial charge in [-0.25, -0.2) is 0 Å². The van der Waals surface area contributed by atoms with Crippen LogP contribution in [-0.4, -0.2) is 75.4 Å². The molecule has 2 aliphatic heterocycles. The summed E-state index contributed by atoms with van der Waals surface area (Å²) in [4.78, 5) is 17.0. The van der Waals surface area contributed by atoms with E-state index in [1.165, 1.54) is 24.2 Å². The third-order valence-electron chi connectivity index (χ3n) is 5.37. The van der Waals surface area contributed by atoms with Gasteiger partial charge in [0.25, 0.3) is 0 Å². The summed E-state index contributed by atoms with van der Waals surface area (Å²) < 4.78 is 0.